The molecule has 0 atom stereocenters. The van der Waals surface area contributed by atoms with Crippen LogP contribution in [-0.4, -0.2) is 73.3 Å². The molecule has 222 valence electrons. The van der Waals surface area contributed by atoms with Crippen LogP contribution in [0.25, 0.3) is 33.6 Å². The Balaban J connectivity index is 1.34. The zero-order valence-electron chi connectivity index (χ0n) is 25.1. The molecule has 4 aromatic rings. The van der Waals surface area contributed by atoms with Crippen LogP contribution in [0.5, 0.6) is 11.5 Å². The summed E-state index contributed by atoms with van der Waals surface area (Å²) in [5.74, 6) is 1.55. The maximum Gasteiger partial charge on any atom is 0.410 e. The summed E-state index contributed by atoms with van der Waals surface area (Å²) < 4.78 is 23.3. The van der Waals surface area contributed by atoms with Crippen molar-refractivity contribution in [2.24, 2.45) is 5.92 Å². The molecule has 1 aliphatic heterocycles. The van der Waals surface area contributed by atoms with Crippen molar-refractivity contribution in [1.82, 2.24) is 14.8 Å². The molecule has 0 spiro atoms. The third-order valence-corrected chi connectivity index (χ3v) is 7.03. The number of rotatable bonds is 7. The molecule has 0 bridgehead atoms. The second-order valence-electron chi connectivity index (χ2n) is 11.7. The van der Waals surface area contributed by atoms with E-state index in [1.54, 1.807) is 62.6 Å². The Hall–Kier alpha value is -5.04. The first-order valence-electron chi connectivity index (χ1n) is 13.9. The predicted octanol–water partition coefficient (Wildman–Crippen LogP) is 5.99. The predicted molar refractivity (Wildman–Crippen MR) is 161 cm³/mol. The summed E-state index contributed by atoms with van der Waals surface area (Å²) in [5.41, 5.74) is 3.78. The fourth-order valence-corrected chi connectivity index (χ4v) is 4.85. The molecule has 1 aliphatic rings. The van der Waals surface area contributed by atoms with Gasteiger partial charge in [0.1, 0.15) is 34.4 Å². The van der Waals surface area contributed by atoms with E-state index in [-0.39, 0.29) is 17.9 Å². The topological polar surface area (TPSA) is 118 Å². The number of likely N-dealkylation sites (tertiary alicyclic amines) is 1. The number of nitriles is 1. The number of furan rings is 1. The van der Waals surface area contributed by atoms with E-state index in [4.69, 9.17) is 18.6 Å². The lowest BCUT2D eigenvalue weighted by Gasteiger charge is -2.39. The minimum absolute atomic E-state index is 0.130. The molecule has 0 unspecified atom stereocenters. The van der Waals surface area contributed by atoms with Gasteiger partial charge in [-0.1, -0.05) is 6.07 Å². The Morgan fingerprint density at radius 3 is 2.51 bits per heavy atom. The van der Waals surface area contributed by atoms with E-state index < -0.39 is 5.60 Å². The second kappa shape index (κ2) is 11.7. The number of carbonyl (C=O) groups is 2. The molecule has 2 aromatic carbocycles. The van der Waals surface area contributed by atoms with Gasteiger partial charge in [0.25, 0.3) is 5.91 Å². The van der Waals surface area contributed by atoms with Crippen LogP contribution >= 0.6 is 0 Å². The average molecular weight is 583 g/mol. The zero-order valence-corrected chi connectivity index (χ0v) is 25.1. The third-order valence-electron chi connectivity index (χ3n) is 7.03. The van der Waals surface area contributed by atoms with Gasteiger partial charge in [0.05, 0.1) is 24.8 Å². The maximum absolute atomic E-state index is 12.4. The minimum Gasteiger partial charge on any atom is -0.496 e. The summed E-state index contributed by atoms with van der Waals surface area (Å²) in [4.78, 5) is 32.3. The van der Waals surface area contributed by atoms with Gasteiger partial charge in [-0.15, -0.1) is 0 Å². The Morgan fingerprint density at radius 2 is 1.84 bits per heavy atom. The highest BCUT2D eigenvalue weighted by atomic mass is 16.6. The maximum atomic E-state index is 12.4. The molecule has 0 N–H and O–H groups in total. The number of aromatic nitrogens is 1. The normalized spacial score (nSPS) is 13.3. The van der Waals surface area contributed by atoms with Crippen molar-refractivity contribution in [3.63, 3.8) is 0 Å². The fraction of sp³-hybridized carbons (Fsp3) is 0.333. The van der Waals surface area contributed by atoms with Gasteiger partial charge in [-0.3, -0.25) is 9.78 Å². The first-order chi connectivity index (χ1) is 20.5. The molecule has 1 fully saturated rings. The molecular formula is C33H34N4O6. The third kappa shape index (κ3) is 6.26. The molecule has 0 aliphatic carbocycles. The van der Waals surface area contributed by atoms with Crippen LogP contribution in [0.4, 0.5) is 4.79 Å². The van der Waals surface area contributed by atoms with Gasteiger partial charge in [-0.25, -0.2) is 4.79 Å². The molecular weight excluding hydrogens is 548 g/mol. The van der Waals surface area contributed by atoms with E-state index in [0.29, 0.717) is 64.7 Å². The SMILES string of the molecule is COc1cc(C(=O)N(C)C)ccc1-c1cc2nccc(-c3ccc(OCC4CN(C(=O)OC(C)(C)C)C4)c(C#N)c3)c2o1. The number of ether oxygens (including phenoxy) is 3. The molecule has 10 heteroatoms. The van der Waals surface area contributed by atoms with Crippen LogP contribution in [0.15, 0.2) is 59.1 Å². The molecule has 2 amide bonds. The van der Waals surface area contributed by atoms with Gasteiger partial charge in [-0.2, -0.15) is 5.26 Å². The van der Waals surface area contributed by atoms with Crippen LogP contribution in [0, 0.1) is 17.2 Å². The Bertz CT molecular complexity index is 1720. The van der Waals surface area contributed by atoms with Crippen molar-refractivity contribution in [1.29, 1.82) is 5.26 Å². The summed E-state index contributed by atoms with van der Waals surface area (Å²) in [6, 6.07) is 16.5. The highest BCUT2D eigenvalue weighted by Crippen LogP contribution is 2.38. The lowest BCUT2D eigenvalue weighted by molar-refractivity contribution is -0.00784. The van der Waals surface area contributed by atoms with E-state index in [2.05, 4.69) is 11.1 Å². The quantitative estimate of drug-likeness (QED) is 0.261. The number of hydrogen-bond donors (Lipinski definition) is 0. The molecule has 0 radical (unpaired) electrons. The van der Waals surface area contributed by atoms with E-state index in [1.807, 2.05) is 39.0 Å². The van der Waals surface area contributed by atoms with E-state index >= 15 is 0 Å². The molecule has 43 heavy (non-hydrogen) atoms. The van der Waals surface area contributed by atoms with E-state index in [1.165, 1.54) is 4.90 Å². The number of methoxy groups -OCH3 is 1. The molecule has 10 nitrogen and oxygen atoms in total. The molecule has 1 saturated heterocycles. The summed E-state index contributed by atoms with van der Waals surface area (Å²) in [6.45, 7) is 7.00. The first-order valence-corrected chi connectivity index (χ1v) is 13.9. The van der Waals surface area contributed by atoms with Crippen LogP contribution in [-0.2, 0) is 4.74 Å². The minimum atomic E-state index is -0.536. The van der Waals surface area contributed by atoms with Gasteiger partial charge in [0, 0.05) is 56.5 Å². The fourth-order valence-electron chi connectivity index (χ4n) is 4.85. The zero-order chi connectivity index (χ0) is 30.9. The number of fused-ring (bicyclic) bond motifs is 1. The van der Waals surface area contributed by atoms with Crippen molar-refractivity contribution in [3.05, 3.63) is 65.9 Å². The van der Waals surface area contributed by atoms with Crippen molar-refractivity contribution in [2.45, 2.75) is 26.4 Å². The number of hydrogen-bond acceptors (Lipinski definition) is 8. The number of nitrogens with zero attached hydrogens (tertiary/aromatic N) is 4. The molecule has 5 rings (SSSR count). The first kappa shape index (κ1) is 29.5. The van der Waals surface area contributed by atoms with Crippen LogP contribution in [0.3, 0.4) is 0 Å². The highest BCUT2D eigenvalue weighted by molar-refractivity contribution is 5.96. The number of pyridine rings is 1. The van der Waals surface area contributed by atoms with Crippen LogP contribution in [0.2, 0.25) is 0 Å². The Kier molecular flexibility index (Phi) is 8.00. The number of carbonyl (C=O) groups excluding carboxylic acids is 2. The van der Waals surface area contributed by atoms with Crippen molar-refractivity contribution in [3.8, 4) is 40.0 Å². The lowest BCUT2D eigenvalue weighted by atomic mass is 10.0. The highest BCUT2D eigenvalue weighted by Gasteiger charge is 2.34. The monoisotopic (exact) mass is 582 g/mol. The number of amides is 2. The Labute approximate surface area is 250 Å². The second-order valence-corrected chi connectivity index (χ2v) is 11.7. The van der Waals surface area contributed by atoms with Crippen molar-refractivity contribution >= 4 is 23.1 Å². The van der Waals surface area contributed by atoms with Gasteiger partial charge in [-0.05, 0) is 62.7 Å². The van der Waals surface area contributed by atoms with Gasteiger partial charge >= 0.3 is 6.09 Å². The standard InChI is InChI=1S/C33H34N4O6/c1-33(2,3)43-32(39)37-17-20(18-37)19-41-27-10-8-21(13-23(27)16-34)24-11-12-35-26-15-29(42-30(24)26)25-9-7-22(14-28(25)40-6)31(38)36(4)5/h7-15,20H,17-19H2,1-6H3. The number of benzene rings is 2. The van der Waals surface area contributed by atoms with Crippen LogP contribution < -0.4 is 9.47 Å². The van der Waals surface area contributed by atoms with E-state index in [0.717, 1.165) is 11.1 Å². The summed E-state index contributed by atoms with van der Waals surface area (Å²) in [6.07, 6.45) is 1.36. The largest absolute Gasteiger partial charge is 0.496 e. The smallest absolute Gasteiger partial charge is 0.410 e. The van der Waals surface area contributed by atoms with Crippen LogP contribution in [0.1, 0.15) is 36.7 Å². The molecule has 2 aromatic heterocycles. The average Bonchev–Trinajstić information content (AvgIpc) is 3.39. The summed E-state index contributed by atoms with van der Waals surface area (Å²) >= 11 is 0. The van der Waals surface area contributed by atoms with Crippen molar-refractivity contribution in [2.75, 3.05) is 40.9 Å². The van der Waals surface area contributed by atoms with Gasteiger partial charge in [0.2, 0.25) is 0 Å². The van der Waals surface area contributed by atoms with Gasteiger partial charge in [0.15, 0.2) is 5.58 Å². The Morgan fingerprint density at radius 1 is 1.07 bits per heavy atom. The molecule has 3 heterocycles. The van der Waals surface area contributed by atoms with Crippen molar-refractivity contribution < 1.29 is 28.2 Å². The lowest BCUT2D eigenvalue weighted by Crippen LogP contribution is -2.53. The van der Waals surface area contributed by atoms with Gasteiger partial charge < -0.3 is 28.4 Å². The summed E-state index contributed by atoms with van der Waals surface area (Å²) in [7, 11) is 4.94. The molecule has 0 saturated carbocycles. The summed E-state index contributed by atoms with van der Waals surface area (Å²) in [5, 5.41) is 9.89. The van der Waals surface area contributed by atoms with E-state index in [9.17, 15) is 14.9 Å².